The number of nitrogens with one attached hydrogen (secondary N) is 1. The Morgan fingerprint density at radius 1 is 1.27 bits per heavy atom. The minimum atomic E-state index is -3.61. The Balaban J connectivity index is 0.00000243. The van der Waals surface area contributed by atoms with E-state index in [4.69, 9.17) is 10.5 Å². The zero-order valence-corrected chi connectivity index (χ0v) is 16.2. The second-order valence-electron chi connectivity index (χ2n) is 6.55. The molecule has 1 amide bonds. The summed E-state index contributed by atoms with van der Waals surface area (Å²) in [7, 11) is -3.61. The van der Waals surface area contributed by atoms with Crippen molar-refractivity contribution in [1.29, 1.82) is 0 Å². The number of ether oxygens (including phenoxy) is 1. The zero-order valence-electron chi connectivity index (χ0n) is 14.6. The summed E-state index contributed by atoms with van der Waals surface area (Å²) >= 11 is 0. The van der Waals surface area contributed by atoms with Crippen LogP contribution in [0, 0.1) is 5.92 Å². The number of morpholine rings is 1. The van der Waals surface area contributed by atoms with Gasteiger partial charge in [0.2, 0.25) is 10.0 Å². The third-order valence-corrected chi connectivity index (χ3v) is 6.88. The lowest BCUT2D eigenvalue weighted by Crippen LogP contribution is -2.41. The highest BCUT2D eigenvalue weighted by atomic mass is 35.5. The molecule has 2 unspecified atom stereocenters. The van der Waals surface area contributed by atoms with Gasteiger partial charge in [-0.3, -0.25) is 4.79 Å². The number of carbonyl (C=O) groups is 1. The van der Waals surface area contributed by atoms with Crippen molar-refractivity contribution in [3.05, 3.63) is 29.8 Å². The van der Waals surface area contributed by atoms with E-state index in [1.807, 2.05) is 0 Å². The van der Waals surface area contributed by atoms with E-state index < -0.39 is 10.0 Å². The number of rotatable bonds is 5. The highest BCUT2D eigenvalue weighted by Crippen LogP contribution is 2.25. The lowest BCUT2D eigenvalue weighted by molar-refractivity contribution is 0.0730. The van der Waals surface area contributed by atoms with Gasteiger partial charge in [-0.25, -0.2) is 8.42 Å². The molecule has 146 valence electrons. The molecule has 1 aromatic carbocycles. The molecule has 1 saturated carbocycles. The fourth-order valence-electron chi connectivity index (χ4n) is 3.49. The smallest absolute Gasteiger partial charge is 0.251 e. The summed E-state index contributed by atoms with van der Waals surface area (Å²) in [4.78, 5) is 12.7. The number of sulfonamides is 1. The van der Waals surface area contributed by atoms with E-state index in [1.54, 1.807) is 12.1 Å². The molecule has 0 bridgehead atoms. The van der Waals surface area contributed by atoms with Crippen LogP contribution in [-0.4, -0.2) is 57.5 Å². The van der Waals surface area contributed by atoms with Crippen molar-refractivity contribution in [2.45, 2.75) is 30.2 Å². The number of nitrogens with zero attached hydrogens (tertiary/aromatic N) is 1. The van der Waals surface area contributed by atoms with Crippen molar-refractivity contribution in [1.82, 2.24) is 9.62 Å². The fraction of sp³-hybridized carbons (Fsp3) is 0.588. The van der Waals surface area contributed by atoms with Crippen LogP contribution in [-0.2, 0) is 14.8 Å². The Hall–Kier alpha value is -1.19. The van der Waals surface area contributed by atoms with Gasteiger partial charge in [0.1, 0.15) is 0 Å². The SMILES string of the molecule is Cl.NCC1CCCC1NC(=O)c1cccc(S(=O)(=O)N2CCOCC2)c1. The van der Waals surface area contributed by atoms with Crippen molar-refractivity contribution in [2.75, 3.05) is 32.8 Å². The van der Waals surface area contributed by atoms with Gasteiger partial charge in [0.25, 0.3) is 5.91 Å². The molecule has 1 aromatic rings. The van der Waals surface area contributed by atoms with E-state index >= 15 is 0 Å². The van der Waals surface area contributed by atoms with Crippen molar-refractivity contribution in [2.24, 2.45) is 11.7 Å². The Kier molecular flexibility index (Phi) is 7.42. The maximum Gasteiger partial charge on any atom is 0.251 e. The number of carbonyl (C=O) groups excluding carboxylic acids is 1. The molecular weight excluding hydrogens is 378 g/mol. The largest absolute Gasteiger partial charge is 0.379 e. The molecule has 2 fully saturated rings. The molecule has 7 nitrogen and oxygen atoms in total. The summed E-state index contributed by atoms with van der Waals surface area (Å²) in [6.07, 6.45) is 2.99. The summed E-state index contributed by atoms with van der Waals surface area (Å²) in [6, 6.07) is 6.29. The molecule has 0 spiro atoms. The molecule has 0 radical (unpaired) electrons. The van der Waals surface area contributed by atoms with Gasteiger partial charge >= 0.3 is 0 Å². The number of halogens is 1. The summed E-state index contributed by atoms with van der Waals surface area (Å²) in [6.45, 7) is 2.00. The highest BCUT2D eigenvalue weighted by Gasteiger charge is 2.29. The maximum absolute atomic E-state index is 12.7. The van der Waals surface area contributed by atoms with Gasteiger partial charge in [-0.2, -0.15) is 4.31 Å². The average molecular weight is 404 g/mol. The molecule has 9 heteroatoms. The topological polar surface area (TPSA) is 102 Å². The molecule has 3 N–H and O–H groups in total. The predicted molar refractivity (Wildman–Crippen MR) is 101 cm³/mol. The third kappa shape index (κ3) is 4.55. The first kappa shape index (κ1) is 21.1. The van der Waals surface area contributed by atoms with Crippen LogP contribution in [0.1, 0.15) is 29.6 Å². The van der Waals surface area contributed by atoms with E-state index in [9.17, 15) is 13.2 Å². The van der Waals surface area contributed by atoms with Gasteiger partial charge in [0, 0.05) is 24.7 Å². The van der Waals surface area contributed by atoms with Gasteiger partial charge in [0.05, 0.1) is 18.1 Å². The Morgan fingerprint density at radius 3 is 2.69 bits per heavy atom. The van der Waals surface area contributed by atoms with E-state index in [1.165, 1.54) is 16.4 Å². The lowest BCUT2D eigenvalue weighted by atomic mass is 10.0. The van der Waals surface area contributed by atoms with Crippen LogP contribution in [0.3, 0.4) is 0 Å². The van der Waals surface area contributed by atoms with Gasteiger partial charge in [-0.1, -0.05) is 12.5 Å². The molecule has 26 heavy (non-hydrogen) atoms. The molecule has 3 rings (SSSR count). The van der Waals surface area contributed by atoms with Crippen LogP contribution in [0.15, 0.2) is 29.2 Å². The van der Waals surface area contributed by atoms with Crippen LogP contribution in [0.4, 0.5) is 0 Å². The predicted octanol–water partition coefficient (Wildman–Crippen LogP) is 0.987. The van der Waals surface area contributed by atoms with Crippen molar-refractivity contribution >= 4 is 28.3 Å². The third-order valence-electron chi connectivity index (χ3n) is 4.98. The number of hydrogen-bond acceptors (Lipinski definition) is 5. The number of amides is 1. The Bertz CT molecular complexity index is 722. The van der Waals surface area contributed by atoms with E-state index in [0.29, 0.717) is 44.3 Å². The number of hydrogen-bond donors (Lipinski definition) is 2. The highest BCUT2D eigenvalue weighted by molar-refractivity contribution is 7.89. The molecule has 0 aromatic heterocycles. The Labute approximate surface area is 160 Å². The maximum atomic E-state index is 12.7. The van der Waals surface area contributed by atoms with Crippen LogP contribution in [0.25, 0.3) is 0 Å². The fourth-order valence-corrected chi connectivity index (χ4v) is 4.95. The number of benzene rings is 1. The first-order valence-corrected chi connectivity index (χ1v) is 10.2. The quantitative estimate of drug-likeness (QED) is 0.763. The second-order valence-corrected chi connectivity index (χ2v) is 8.49. The van der Waals surface area contributed by atoms with Crippen LogP contribution < -0.4 is 11.1 Å². The second kappa shape index (κ2) is 9.14. The van der Waals surface area contributed by atoms with E-state index in [0.717, 1.165) is 19.3 Å². The van der Waals surface area contributed by atoms with Crippen molar-refractivity contribution in [3.8, 4) is 0 Å². The Morgan fingerprint density at radius 2 is 2.00 bits per heavy atom. The lowest BCUT2D eigenvalue weighted by Gasteiger charge is -2.26. The molecule has 2 atom stereocenters. The van der Waals surface area contributed by atoms with Gasteiger partial charge in [-0.15, -0.1) is 12.4 Å². The van der Waals surface area contributed by atoms with Crippen LogP contribution in [0.5, 0.6) is 0 Å². The van der Waals surface area contributed by atoms with E-state index in [-0.39, 0.29) is 29.3 Å². The summed E-state index contributed by atoms with van der Waals surface area (Å²) in [5.74, 6) is 0.0496. The van der Waals surface area contributed by atoms with Gasteiger partial charge in [0.15, 0.2) is 0 Å². The molecular formula is C17H26ClN3O4S. The van der Waals surface area contributed by atoms with Crippen LogP contribution >= 0.6 is 12.4 Å². The molecule has 1 saturated heterocycles. The molecule has 1 aliphatic heterocycles. The minimum absolute atomic E-state index is 0. The minimum Gasteiger partial charge on any atom is -0.379 e. The standard InChI is InChI=1S/C17H25N3O4S.ClH/c18-12-14-4-2-6-16(14)19-17(21)13-3-1-5-15(11-13)25(22,23)20-7-9-24-10-8-20;/h1,3,5,11,14,16H,2,4,6-10,12,18H2,(H,19,21);1H. The van der Waals surface area contributed by atoms with Crippen molar-refractivity contribution < 1.29 is 17.9 Å². The first-order chi connectivity index (χ1) is 12.0. The zero-order chi connectivity index (χ0) is 17.9. The summed E-state index contributed by atoms with van der Waals surface area (Å²) in [5.41, 5.74) is 6.11. The first-order valence-electron chi connectivity index (χ1n) is 8.71. The van der Waals surface area contributed by atoms with E-state index in [2.05, 4.69) is 5.32 Å². The molecule has 1 heterocycles. The molecule has 2 aliphatic rings. The number of nitrogens with two attached hydrogens (primary N) is 1. The summed E-state index contributed by atoms with van der Waals surface area (Å²) in [5, 5.41) is 3.01. The van der Waals surface area contributed by atoms with Crippen molar-refractivity contribution in [3.63, 3.8) is 0 Å². The van der Waals surface area contributed by atoms with Gasteiger partial charge < -0.3 is 15.8 Å². The average Bonchev–Trinajstić information content (AvgIpc) is 3.09. The normalized spacial score (nSPS) is 24.0. The summed E-state index contributed by atoms with van der Waals surface area (Å²) < 4.78 is 32.1. The molecule has 1 aliphatic carbocycles. The van der Waals surface area contributed by atoms with Gasteiger partial charge in [-0.05, 0) is 43.5 Å². The van der Waals surface area contributed by atoms with Crippen LogP contribution in [0.2, 0.25) is 0 Å². The monoisotopic (exact) mass is 403 g/mol.